The summed E-state index contributed by atoms with van der Waals surface area (Å²) in [6, 6.07) is 8.80. The standard InChI is InChI=1S/C15H13ClN6O6S2.C3H3ClO/c16-13-20-14(18-8-1-4-10(5-2-8)29(23,24)25)22-15(21-13)19-9-3-6-12(11(17)7-9)30(26,27)28;1-2-3(4)5/h1-7H,17H2,(H,23,24,25)(H,26,27,28)(H2,18,19,20,21,22);2H,1H2. The molecule has 3 rings (SSSR count). The van der Waals surface area contributed by atoms with Crippen LogP contribution in [0.2, 0.25) is 5.28 Å². The van der Waals surface area contributed by atoms with Crippen molar-refractivity contribution in [1.29, 1.82) is 0 Å². The van der Waals surface area contributed by atoms with Gasteiger partial charge in [0, 0.05) is 11.4 Å². The van der Waals surface area contributed by atoms with E-state index in [1.165, 1.54) is 36.4 Å². The molecule has 3 aromatic rings. The number of halogens is 2. The van der Waals surface area contributed by atoms with Crippen molar-refractivity contribution in [3.8, 4) is 0 Å². The molecule has 0 amide bonds. The number of carbonyl (C=O) groups is 1. The molecule has 2 aromatic carbocycles. The number of rotatable bonds is 7. The molecule has 0 aliphatic rings. The van der Waals surface area contributed by atoms with Crippen molar-refractivity contribution in [1.82, 2.24) is 15.0 Å². The van der Waals surface area contributed by atoms with Crippen LogP contribution in [-0.4, -0.2) is 46.1 Å². The summed E-state index contributed by atoms with van der Waals surface area (Å²) in [5.41, 5.74) is 6.15. The Hall–Kier alpha value is -3.34. The molecule has 0 radical (unpaired) electrons. The first-order valence-electron chi connectivity index (χ1n) is 8.91. The van der Waals surface area contributed by atoms with Crippen molar-refractivity contribution in [3.05, 3.63) is 60.4 Å². The minimum Gasteiger partial charge on any atom is -0.398 e. The lowest BCUT2D eigenvalue weighted by Crippen LogP contribution is -2.06. The summed E-state index contributed by atoms with van der Waals surface area (Å²) < 4.78 is 62.7. The van der Waals surface area contributed by atoms with Gasteiger partial charge in [0.25, 0.3) is 20.2 Å². The molecule has 0 atom stereocenters. The molecule has 13 nitrogen and oxygen atoms in total. The zero-order valence-corrected chi connectivity index (χ0v) is 20.4. The summed E-state index contributed by atoms with van der Waals surface area (Å²) >= 11 is 10.6. The maximum Gasteiger partial charge on any atom is 0.296 e. The van der Waals surface area contributed by atoms with Crippen molar-refractivity contribution >= 4 is 77.6 Å². The fourth-order valence-electron chi connectivity index (χ4n) is 2.29. The Kier molecular flexibility index (Phi) is 9.08. The molecule has 0 fully saturated rings. The van der Waals surface area contributed by atoms with Crippen LogP contribution in [0.3, 0.4) is 0 Å². The third-order valence-corrected chi connectivity index (χ3v) is 5.84. The lowest BCUT2D eigenvalue weighted by Gasteiger charge is -2.10. The van der Waals surface area contributed by atoms with E-state index in [4.69, 9.17) is 38.0 Å². The molecular formula is C18H16Cl2N6O7S2. The van der Waals surface area contributed by atoms with Crippen LogP contribution in [0.5, 0.6) is 0 Å². The number of benzene rings is 2. The molecule has 0 saturated carbocycles. The smallest absolute Gasteiger partial charge is 0.296 e. The maximum absolute atomic E-state index is 11.2. The number of nitrogen functional groups attached to an aromatic ring is 1. The molecule has 6 N–H and O–H groups in total. The van der Waals surface area contributed by atoms with Crippen LogP contribution < -0.4 is 16.4 Å². The second kappa shape index (κ2) is 11.4. The highest BCUT2D eigenvalue weighted by atomic mass is 35.5. The predicted molar refractivity (Wildman–Crippen MR) is 129 cm³/mol. The highest BCUT2D eigenvalue weighted by Gasteiger charge is 2.15. The minimum absolute atomic E-state index is 0.00828. The van der Waals surface area contributed by atoms with Crippen LogP contribution in [-0.2, 0) is 25.0 Å². The average molecular weight is 563 g/mol. The number of aromatic nitrogens is 3. The van der Waals surface area contributed by atoms with E-state index in [0.717, 1.165) is 12.1 Å². The molecule has 17 heteroatoms. The van der Waals surface area contributed by atoms with Crippen LogP contribution in [0.15, 0.2) is 64.9 Å². The van der Waals surface area contributed by atoms with Crippen molar-refractivity contribution in [3.63, 3.8) is 0 Å². The third kappa shape index (κ3) is 8.75. The molecule has 0 spiro atoms. The molecule has 186 valence electrons. The molecule has 1 heterocycles. The Bertz CT molecular complexity index is 1470. The van der Waals surface area contributed by atoms with Crippen LogP contribution in [0, 0.1) is 0 Å². The van der Waals surface area contributed by atoms with Gasteiger partial charge in [0.15, 0.2) is 0 Å². The van der Waals surface area contributed by atoms with Gasteiger partial charge < -0.3 is 16.4 Å². The number of hydrogen-bond acceptors (Lipinski definition) is 11. The maximum atomic E-state index is 11.2. The van der Waals surface area contributed by atoms with Gasteiger partial charge >= 0.3 is 0 Å². The van der Waals surface area contributed by atoms with Gasteiger partial charge in [-0.15, -0.1) is 0 Å². The first kappa shape index (κ1) is 27.9. The topological polar surface area (TPSA) is 215 Å². The lowest BCUT2D eigenvalue weighted by molar-refractivity contribution is -0.107. The van der Waals surface area contributed by atoms with Crippen LogP contribution >= 0.6 is 23.2 Å². The van der Waals surface area contributed by atoms with E-state index in [2.05, 4.69) is 32.2 Å². The fourth-order valence-corrected chi connectivity index (χ4v) is 3.53. The molecular weight excluding hydrogens is 547 g/mol. The number of carbonyl (C=O) groups excluding carboxylic acids is 1. The van der Waals surface area contributed by atoms with Crippen molar-refractivity contribution < 1.29 is 30.7 Å². The third-order valence-electron chi connectivity index (χ3n) is 3.72. The molecule has 0 aliphatic carbocycles. The van der Waals surface area contributed by atoms with Gasteiger partial charge in [0.05, 0.1) is 10.6 Å². The van der Waals surface area contributed by atoms with Gasteiger partial charge in [-0.05, 0) is 71.7 Å². The van der Waals surface area contributed by atoms with Gasteiger partial charge in [-0.25, -0.2) is 0 Å². The molecule has 0 bridgehead atoms. The summed E-state index contributed by atoms with van der Waals surface area (Å²) in [4.78, 5) is 20.6. The summed E-state index contributed by atoms with van der Waals surface area (Å²) in [6.07, 6.45) is 1.04. The van der Waals surface area contributed by atoms with E-state index in [9.17, 15) is 21.6 Å². The van der Waals surface area contributed by atoms with Gasteiger partial charge in [0.2, 0.25) is 22.4 Å². The molecule has 1 aromatic heterocycles. The Morgan fingerprint density at radius 1 is 0.914 bits per heavy atom. The normalized spacial score (nSPS) is 11.1. The van der Waals surface area contributed by atoms with Gasteiger partial charge in [-0.1, -0.05) is 6.58 Å². The van der Waals surface area contributed by atoms with Gasteiger partial charge in [0.1, 0.15) is 4.90 Å². The van der Waals surface area contributed by atoms with Crippen LogP contribution in [0.1, 0.15) is 0 Å². The second-order valence-corrected chi connectivity index (χ2v) is 9.76. The summed E-state index contributed by atoms with van der Waals surface area (Å²) in [7, 11) is -8.78. The van der Waals surface area contributed by atoms with E-state index >= 15 is 0 Å². The molecule has 35 heavy (non-hydrogen) atoms. The zero-order chi connectivity index (χ0) is 26.4. The SMILES string of the molecule is C=CC(=O)Cl.Nc1cc(Nc2nc(Cl)nc(Nc3ccc(S(=O)(=O)O)cc3)n2)ccc1S(=O)(=O)O. The number of anilines is 5. The Morgan fingerprint density at radius 3 is 1.83 bits per heavy atom. The molecule has 0 unspecified atom stereocenters. The number of hydrogen-bond donors (Lipinski definition) is 5. The molecule has 0 saturated heterocycles. The van der Waals surface area contributed by atoms with E-state index in [1.807, 2.05) is 0 Å². The number of nitrogens with one attached hydrogen (secondary N) is 2. The Labute approximate surface area is 209 Å². The summed E-state index contributed by atoms with van der Waals surface area (Å²) in [5.74, 6) is 0.00527. The molecule has 0 aliphatic heterocycles. The van der Waals surface area contributed by atoms with Crippen LogP contribution in [0.25, 0.3) is 0 Å². The number of allylic oxidation sites excluding steroid dienone is 1. The first-order chi connectivity index (χ1) is 16.2. The van der Waals surface area contributed by atoms with Crippen molar-refractivity contribution in [2.45, 2.75) is 9.79 Å². The van der Waals surface area contributed by atoms with E-state index in [1.54, 1.807) is 0 Å². The van der Waals surface area contributed by atoms with Crippen molar-refractivity contribution in [2.24, 2.45) is 0 Å². The largest absolute Gasteiger partial charge is 0.398 e. The summed E-state index contributed by atoms with van der Waals surface area (Å²) in [5, 5.41) is 4.87. The fraction of sp³-hybridized carbons (Fsp3) is 0. The monoisotopic (exact) mass is 562 g/mol. The minimum atomic E-state index is -4.46. The van der Waals surface area contributed by atoms with Gasteiger partial charge in [-0.3, -0.25) is 13.9 Å². The number of nitrogens with two attached hydrogens (primary N) is 1. The first-order valence-corrected chi connectivity index (χ1v) is 12.5. The highest BCUT2D eigenvalue weighted by molar-refractivity contribution is 7.86. The second-order valence-electron chi connectivity index (χ2n) is 6.24. The zero-order valence-electron chi connectivity index (χ0n) is 17.3. The van der Waals surface area contributed by atoms with Gasteiger partial charge in [-0.2, -0.15) is 31.8 Å². The Balaban J connectivity index is 0.000000784. The van der Waals surface area contributed by atoms with Crippen LogP contribution in [0.4, 0.5) is 29.0 Å². The van der Waals surface area contributed by atoms with E-state index in [0.29, 0.717) is 11.4 Å². The predicted octanol–water partition coefficient (Wildman–Crippen LogP) is 3.03. The lowest BCUT2D eigenvalue weighted by atomic mass is 10.3. The quantitative estimate of drug-likeness (QED) is 0.121. The number of nitrogens with zero attached hydrogens (tertiary/aromatic N) is 3. The highest BCUT2D eigenvalue weighted by Crippen LogP contribution is 2.25. The average Bonchev–Trinajstić information content (AvgIpc) is 2.72. The van der Waals surface area contributed by atoms with E-state index in [-0.39, 0.29) is 27.8 Å². The van der Waals surface area contributed by atoms with E-state index < -0.39 is 30.4 Å². The van der Waals surface area contributed by atoms with Crippen molar-refractivity contribution in [2.75, 3.05) is 16.4 Å². The Morgan fingerprint density at radius 2 is 1.40 bits per heavy atom. The summed E-state index contributed by atoms with van der Waals surface area (Å²) in [6.45, 7) is 3.08.